The summed E-state index contributed by atoms with van der Waals surface area (Å²) in [5.74, 6) is -1.99. The molecule has 1 saturated carbocycles. The van der Waals surface area contributed by atoms with Crippen molar-refractivity contribution in [2.24, 2.45) is 0 Å². The van der Waals surface area contributed by atoms with E-state index in [9.17, 15) is 36.8 Å². The van der Waals surface area contributed by atoms with Crippen LogP contribution in [0, 0.1) is 0 Å². The van der Waals surface area contributed by atoms with Crippen molar-refractivity contribution in [1.82, 2.24) is 4.90 Å². The first-order chi connectivity index (χ1) is 17.5. The lowest BCUT2D eigenvalue weighted by Gasteiger charge is -2.63. The summed E-state index contributed by atoms with van der Waals surface area (Å²) in [6.45, 7) is 0.356. The predicted octanol–water partition coefficient (Wildman–Crippen LogP) is -1.90. The standard InChI is InChI=1S/C23H29NO10/c1-24-7-6-22-13-9-2-3-11(32-21-16(28)14(26)15(27)18(34-21)20(29)30)17(13)33-19(22)10(25)4-5-23(22,31)12(24)8-9/h2-3,10,12,14-16,18-19,21,25-28,31H,4-8H2,1H3,(H,29,30)/t10-,12-,14+,15+,16-,18+,19+,21-,22+,23-/m1/s1/i4D2,10D,19D. The van der Waals surface area contributed by atoms with E-state index < -0.39 is 78.7 Å². The van der Waals surface area contributed by atoms with Gasteiger partial charge in [0, 0.05) is 14.3 Å². The van der Waals surface area contributed by atoms with Crippen LogP contribution in [0.5, 0.6) is 11.5 Å². The first kappa shape index (κ1) is 18.3. The van der Waals surface area contributed by atoms with Crippen molar-refractivity contribution in [3.05, 3.63) is 23.3 Å². The topological polar surface area (TPSA) is 169 Å². The van der Waals surface area contributed by atoms with Gasteiger partial charge in [-0.1, -0.05) is 6.07 Å². The molecule has 3 heterocycles. The fourth-order valence-electron chi connectivity index (χ4n) is 6.38. The Morgan fingerprint density at radius 1 is 1.24 bits per heavy atom. The molecule has 0 unspecified atom stereocenters. The Balaban J connectivity index is 1.51. The Bertz CT molecular complexity index is 1220. The molecule has 1 spiro atoms. The van der Waals surface area contributed by atoms with Crippen molar-refractivity contribution in [1.29, 1.82) is 0 Å². The lowest BCUT2D eigenvalue weighted by Crippen LogP contribution is -2.76. The molecular weight excluding hydrogens is 450 g/mol. The second kappa shape index (κ2) is 7.26. The Morgan fingerprint density at radius 2 is 2.00 bits per heavy atom. The highest BCUT2D eigenvalue weighted by molar-refractivity contribution is 5.73. The fraction of sp³-hybridized carbons (Fsp3) is 0.696. The van der Waals surface area contributed by atoms with E-state index in [0.717, 1.165) is 0 Å². The van der Waals surface area contributed by atoms with Crippen LogP contribution in [0.1, 0.15) is 35.8 Å². The molecule has 186 valence electrons. The van der Waals surface area contributed by atoms with Gasteiger partial charge in [0.15, 0.2) is 17.6 Å². The van der Waals surface area contributed by atoms with Crippen molar-refractivity contribution < 1.29 is 55.1 Å². The van der Waals surface area contributed by atoms with E-state index in [4.69, 9.17) is 18.3 Å². The second-order valence-corrected chi connectivity index (χ2v) is 9.69. The molecule has 34 heavy (non-hydrogen) atoms. The maximum atomic E-state index is 12.2. The summed E-state index contributed by atoms with van der Waals surface area (Å²) in [5, 5.41) is 63.4. The molecule has 2 aliphatic carbocycles. The number of hydrogen-bond acceptors (Lipinski definition) is 10. The minimum atomic E-state index is -3.13. The molecular formula is C23H29NO10. The number of hydrogen-bond donors (Lipinski definition) is 6. The van der Waals surface area contributed by atoms with Gasteiger partial charge in [-0.3, -0.25) is 0 Å². The molecule has 6 rings (SSSR count). The van der Waals surface area contributed by atoms with Crippen LogP contribution in [0.3, 0.4) is 0 Å². The number of likely N-dealkylation sites (N-methyl/N-ethyl adjacent to an activating group) is 1. The zero-order valence-corrected chi connectivity index (χ0v) is 18.2. The zero-order valence-electron chi connectivity index (χ0n) is 22.2. The van der Waals surface area contributed by atoms with Crippen LogP contribution >= 0.6 is 0 Å². The maximum Gasteiger partial charge on any atom is 0.335 e. The van der Waals surface area contributed by atoms with Crippen LogP contribution < -0.4 is 9.47 Å². The zero-order chi connectivity index (χ0) is 27.8. The number of carbonyl (C=O) groups is 1. The Labute approximate surface area is 200 Å². The number of rotatable bonds is 3. The quantitative estimate of drug-likeness (QED) is 0.284. The lowest BCUT2D eigenvalue weighted by molar-refractivity contribution is -0.271. The van der Waals surface area contributed by atoms with E-state index in [1.54, 1.807) is 13.1 Å². The van der Waals surface area contributed by atoms with Crippen LogP contribution in [0.2, 0.25) is 0 Å². The molecule has 11 nitrogen and oxygen atoms in total. The summed E-state index contributed by atoms with van der Waals surface area (Å²) in [5.41, 5.74) is -2.73. The van der Waals surface area contributed by atoms with Gasteiger partial charge >= 0.3 is 5.97 Å². The number of piperidine rings is 1. The van der Waals surface area contributed by atoms with Crippen molar-refractivity contribution in [3.8, 4) is 11.5 Å². The molecule has 11 heteroatoms. The van der Waals surface area contributed by atoms with Gasteiger partial charge in [0.25, 0.3) is 0 Å². The molecule has 3 aliphatic heterocycles. The molecule has 10 atom stereocenters. The van der Waals surface area contributed by atoms with Crippen molar-refractivity contribution >= 4 is 5.97 Å². The summed E-state index contributed by atoms with van der Waals surface area (Å²) < 4.78 is 51.9. The van der Waals surface area contributed by atoms with Crippen molar-refractivity contribution in [3.63, 3.8) is 0 Å². The van der Waals surface area contributed by atoms with Crippen LogP contribution in [0.15, 0.2) is 12.1 Å². The minimum Gasteiger partial charge on any atom is -0.482 e. The average Bonchev–Trinajstić information content (AvgIpc) is 3.10. The van der Waals surface area contributed by atoms with Gasteiger partial charge in [-0.2, -0.15) is 0 Å². The summed E-state index contributed by atoms with van der Waals surface area (Å²) in [7, 11) is 1.78. The summed E-state index contributed by atoms with van der Waals surface area (Å²) in [6.07, 6.45) is -18.4. The third kappa shape index (κ3) is 2.63. The van der Waals surface area contributed by atoms with Gasteiger partial charge in [0.1, 0.15) is 24.4 Å². The van der Waals surface area contributed by atoms with E-state index in [0.29, 0.717) is 12.1 Å². The monoisotopic (exact) mass is 483 g/mol. The third-order valence-corrected chi connectivity index (χ3v) is 8.10. The highest BCUT2D eigenvalue weighted by atomic mass is 16.7. The number of carboxylic acid groups (broad SMARTS) is 1. The number of carboxylic acids is 1. The third-order valence-electron chi connectivity index (χ3n) is 8.10. The maximum absolute atomic E-state index is 12.2. The Kier molecular flexibility index (Phi) is 3.91. The van der Waals surface area contributed by atoms with Crippen LogP contribution in [-0.4, -0.2) is 110 Å². The van der Waals surface area contributed by atoms with Crippen LogP contribution in [0.4, 0.5) is 0 Å². The Hall–Kier alpha value is -1.99. The van der Waals surface area contributed by atoms with Crippen molar-refractivity contribution in [2.45, 2.75) is 85.6 Å². The molecule has 2 bridgehead atoms. The Morgan fingerprint density at radius 3 is 2.74 bits per heavy atom. The lowest BCUT2D eigenvalue weighted by atomic mass is 9.49. The van der Waals surface area contributed by atoms with Crippen molar-refractivity contribution in [2.75, 3.05) is 13.6 Å². The first-order valence-electron chi connectivity index (χ1n) is 13.1. The highest BCUT2D eigenvalue weighted by Crippen LogP contribution is 2.65. The van der Waals surface area contributed by atoms with E-state index in [1.165, 1.54) is 6.07 Å². The number of aliphatic carboxylic acids is 1. The summed E-state index contributed by atoms with van der Waals surface area (Å²) in [6, 6.07) is 2.38. The fourth-order valence-corrected chi connectivity index (χ4v) is 6.38. The number of aliphatic hydroxyl groups is 5. The largest absolute Gasteiger partial charge is 0.482 e. The SMILES string of the molecule is [2H]C1([2H])C[C@@]2(O)[C@H]3Cc4ccc(O[C@@H]5O[C@H](C(=O)O)[C@@H](O)[C@H](O)[C@H]5O)c5c4[C@@]2(CCN3C)[C@@]([2H])(O5)[C@]1([2H])O. The molecule has 0 amide bonds. The van der Waals surface area contributed by atoms with E-state index >= 15 is 0 Å². The molecule has 2 saturated heterocycles. The molecule has 0 aromatic heterocycles. The second-order valence-electron chi connectivity index (χ2n) is 9.69. The molecule has 0 radical (unpaired) electrons. The number of likely N-dealkylation sites (tertiary alicyclic amines) is 1. The van der Waals surface area contributed by atoms with E-state index in [-0.39, 0.29) is 29.9 Å². The number of ether oxygens (including phenoxy) is 3. The predicted molar refractivity (Wildman–Crippen MR) is 112 cm³/mol. The molecule has 3 fully saturated rings. The molecule has 1 aromatic carbocycles. The number of benzene rings is 1. The summed E-state index contributed by atoms with van der Waals surface area (Å²) >= 11 is 0. The van der Waals surface area contributed by atoms with Gasteiger partial charge in [-0.05, 0) is 50.9 Å². The van der Waals surface area contributed by atoms with Gasteiger partial charge in [0.05, 0.1) is 19.8 Å². The highest BCUT2D eigenvalue weighted by Gasteiger charge is 2.72. The number of aliphatic hydroxyl groups excluding tert-OH is 3. The molecule has 5 aliphatic rings. The first-order valence-corrected chi connectivity index (χ1v) is 11.1. The van der Waals surface area contributed by atoms with Gasteiger partial charge < -0.3 is 49.7 Å². The molecule has 1 aromatic rings. The normalized spacial score (nSPS) is 54.5. The van der Waals surface area contributed by atoms with Gasteiger partial charge in [-0.15, -0.1) is 0 Å². The smallest absolute Gasteiger partial charge is 0.335 e. The average molecular weight is 484 g/mol. The van der Waals surface area contributed by atoms with E-state index in [2.05, 4.69) is 0 Å². The molecule has 6 N–H and O–H groups in total. The van der Waals surface area contributed by atoms with Gasteiger partial charge in [-0.25, -0.2) is 4.79 Å². The minimum absolute atomic E-state index is 0.0509. The van der Waals surface area contributed by atoms with E-state index in [1.807, 2.05) is 4.90 Å². The van der Waals surface area contributed by atoms with Crippen LogP contribution in [0.25, 0.3) is 0 Å². The van der Waals surface area contributed by atoms with Gasteiger partial charge in [0.2, 0.25) is 6.29 Å². The number of nitrogens with zero attached hydrogens (tertiary/aromatic N) is 1. The summed E-state index contributed by atoms with van der Waals surface area (Å²) in [4.78, 5) is 13.4. The van der Waals surface area contributed by atoms with Crippen LogP contribution in [-0.2, 0) is 21.4 Å².